The van der Waals surface area contributed by atoms with Crippen molar-refractivity contribution in [1.82, 2.24) is 25.4 Å². The summed E-state index contributed by atoms with van der Waals surface area (Å²) in [5, 5.41) is 11.1. The van der Waals surface area contributed by atoms with Gasteiger partial charge in [-0.2, -0.15) is 5.10 Å². The number of fused-ring (bicyclic) bond motifs is 1. The molecule has 130 valence electrons. The smallest absolute Gasteiger partial charge is 0.191 e. The molecule has 0 aliphatic carbocycles. The van der Waals surface area contributed by atoms with Crippen LogP contribution in [0, 0.1) is 6.92 Å². The number of nitrogens with one attached hydrogen (secondary N) is 2. The van der Waals surface area contributed by atoms with Gasteiger partial charge in [-0.25, -0.2) is 9.67 Å². The summed E-state index contributed by atoms with van der Waals surface area (Å²) in [5.41, 5.74) is 0. The Bertz CT molecular complexity index is 589. The number of hydrogen-bond donors (Lipinski definition) is 2. The fourth-order valence-electron chi connectivity index (χ4n) is 2.51. The van der Waals surface area contributed by atoms with Gasteiger partial charge in [0.15, 0.2) is 5.96 Å². The largest absolute Gasteiger partial charge is 0.355 e. The summed E-state index contributed by atoms with van der Waals surface area (Å²) in [6, 6.07) is 0.280. The molecule has 0 saturated heterocycles. The van der Waals surface area contributed by atoms with Crippen molar-refractivity contribution in [1.29, 1.82) is 0 Å². The zero-order valence-corrected chi connectivity index (χ0v) is 15.5. The Labute approximate surface area is 140 Å². The second-order valence-corrected chi connectivity index (χ2v) is 9.12. The minimum absolute atomic E-state index is 0.177. The highest BCUT2D eigenvalue weighted by molar-refractivity contribution is 7.86. The fraction of sp³-hybridized carbons (Fsp3) is 0.800. The van der Waals surface area contributed by atoms with E-state index in [0.29, 0.717) is 12.3 Å². The average Bonchev–Trinajstić information content (AvgIpc) is 2.84. The first-order valence-corrected chi connectivity index (χ1v) is 9.37. The maximum absolute atomic E-state index is 12.1. The first kappa shape index (κ1) is 17.9. The van der Waals surface area contributed by atoms with E-state index in [0.717, 1.165) is 37.0 Å². The molecule has 0 radical (unpaired) electrons. The molecular weight excluding hydrogens is 312 g/mol. The third-order valence-electron chi connectivity index (χ3n) is 3.79. The molecule has 1 aliphatic heterocycles. The second-order valence-electron chi connectivity index (χ2n) is 6.80. The Balaban J connectivity index is 1.81. The van der Waals surface area contributed by atoms with Crippen molar-refractivity contribution in [3.8, 4) is 0 Å². The lowest BCUT2D eigenvalue weighted by molar-refractivity contribution is 0.392. The standard InChI is InChI=1S/C15H28N6OS/c1-11-18-13-7-6-12(10-21(13)20-11)19-14(16-5)17-8-9-23(22)15(2,3)4/h12H,6-10H2,1-5H3,(H2,16,17,19). The predicted molar refractivity (Wildman–Crippen MR) is 94.1 cm³/mol. The Hall–Kier alpha value is -1.44. The molecule has 0 amide bonds. The minimum atomic E-state index is -0.857. The lowest BCUT2D eigenvalue weighted by Crippen LogP contribution is -2.48. The summed E-state index contributed by atoms with van der Waals surface area (Å²) in [5.74, 6) is 3.25. The molecule has 2 rings (SSSR count). The van der Waals surface area contributed by atoms with Crippen LogP contribution in [0.1, 0.15) is 38.8 Å². The van der Waals surface area contributed by atoms with Crippen molar-refractivity contribution in [2.45, 2.75) is 57.9 Å². The normalized spacial score (nSPS) is 20.0. The third kappa shape index (κ3) is 5.02. The summed E-state index contributed by atoms with van der Waals surface area (Å²) in [7, 11) is 0.897. The van der Waals surface area contributed by atoms with Crippen LogP contribution in [0.4, 0.5) is 0 Å². The minimum Gasteiger partial charge on any atom is -0.355 e. The van der Waals surface area contributed by atoms with Crippen molar-refractivity contribution < 1.29 is 4.21 Å². The van der Waals surface area contributed by atoms with E-state index in [9.17, 15) is 4.21 Å². The van der Waals surface area contributed by atoms with Gasteiger partial charge in [0, 0.05) is 47.4 Å². The first-order chi connectivity index (χ1) is 10.8. The molecule has 7 nitrogen and oxygen atoms in total. The molecule has 1 aromatic rings. The zero-order chi connectivity index (χ0) is 17.0. The maximum atomic E-state index is 12.1. The number of guanidine groups is 1. The molecule has 2 heterocycles. The average molecular weight is 340 g/mol. The third-order valence-corrected chi connectivity index (χ3v) is 5.73. The first-order valence-electron chi connectivity index (χ1n) is 8.05. The van der Waals surface area contributed by atoms with E-state index in [1.807, 2.05) is 32.4 Å². The van der Waals surface area contributed by atoms with Gasteiger partial charge in [0.2, 0.25) is 0 Å². The lowest BCUT2D eigenvalue weighted by Gasteiger charge is -2.25. The maximum Gasteiger partial charge on any atom is 0.191 e. The number of hydrogen-bond acceptors (Lipinski definition) is 4. The molecule has 2 atom stereocenters. The Morgan fingerprint density at radius 2 is 2.22 bits per heavy atom. The number of rotatable bonds is 4. The molecule has 8 heteroatoms. The van der Waals surface area contributed by atoms with Crippen LogP contribution in [0.2, 0.25) is 0 Å². The van der Waals surface area contributed by atoms with Crippen molar-refractivity contribution in [2.24, 2.45) is 4.99 Å². The van der Waals surface area contributed by atoms with Gasteiger partial charge in [-0.1, -0.05) is 0 Å². The summed E-state index contributed by atoms with van der Waals surface area (Å²) in [6.07, 6.45) is 1.93. The quantitative estimate of drug-likeness (QED) is 0.620. The van der Waals surface area contributed by atoms with Crippen LogP contribution in [-0.4, -0.2) is 55.1 Å². The highest BCUT2D eigenvalue weighted by Crippen LogP contribution is 2.13. The number of nitrogens with zero attached hydrogens (tertiary/aromatic N) is 4. The van der Waals surface area contributed by atoms with E-state index in [1.165, 1.54) is 0 Å². The van der Waals surface area contributed by atoms with Gasteiger partial charge in [0.05, 0.1) is 6.54 Å². The molecule has 0 spiro atoms. The highest BCUT2D eigenvalue weighted by atomic mass is 32.2. The molecule has 2 N–H and O–H groups in total. The summed E-state index contributed by atoms with van der Waals surface area (Å²) >= 11 is 0. The van der Waals surface area contributed by atoms with Crippen LogP contribution < -0.4 is 10.6 Å². The van der Waals surface area contributed by atoms with Gasteiger partial charge in [-0.15, -0.1) is 0 Å². The van der Waals surface area contributed by atoms with Crippen LogP contribution in [0.5, 0.6) is 0 Å². The molecular formula is C15H28N6OS. The van der Waals surface area contributed by atoms with E-state index < -0.39 is 10.8 Å². The van der Waals surface area contributed by atoms with E-state index in [-0.39, 0.29) is 10.8 Å². The van der Waals surface area contributed by atoms with E-state index >= 15 is 0 Å². The molecule has 2 unspecified atom stereocenters. The van der Waals surface area contributed by atoms with E-state index in [4.69, 9.17) is 0 Å². The predicted octanol–water partition coefficient (Wildman–Crippen LogP) is 0.614. The van der Waals surface area contributed by atoms with Crippen molar-refractivity contribution in [3.63, 3.8) is 0 Å². The van der Waals surface area contributed by atoms with Crippen LogP contribution in [0.3, 0.4) is 0 Å². The molecule has 0 fully saturated rings. The lowest BCUT2D eigenvalue weighted by atomic mass is 10.1. The second kappa shape index (κ2) is 7.42. The van der Waals surface area contributed by atoms with Crippen LogP contribution in [0.25, 0.3) is 0 Å². The Morgan fingerprint density at radius 3 is 2.87 bits per heavy atom. The SMILES string of the molecule is CN=C(NCCS(=O)C(C)(C)C)NC1CCc2nc(C)nn2C1. The Kier molecular flexibility index (Phi) is 5.78. The summed E-state index contributed by atoms with van der Waals surface area (Å²) in [4.78, 5) is 8.67. The Morgan fingerprint density at radius 1 is 1.48 bits per heavy atom. The molecule has 0 saturated carbocycles. The van der Waals surface area contributed by atoms with Crippen LogP contribution in [-0.2, 0) is 23.8 Å². The molecule has 0 aromatic carbocycles. The molecule has 1 aromatic heterocycles. The van der Waals surface area contributed by atoms with Crippen molar-refractivity contribution in [2.75, 3.05) is 19.3 Å². The summed E-state index contributed by atoms with van der Waals surface area (Å²) < 4.78 is 13.8. The number of aromatic nitrogens is 3. The van der Waals surface area contributed by atoms with E-state index in [2.05, 4.69) is 25.7 Å². The van der Waals surface area contributed by atoms with Gasteiger partial charge in [0.1, 0.15) is 11.6 Å². The highest BCUT2D eigenvalue weighted by Gasteiger charge is 2.22. The van der Waals surface area contributed by atoms with Crippen LogP contribution in [0.15, 0.2) is 4.99 Å². The molecule has 23 heavy (non-hydrogen) atoms. The topological polar surface area (TPSA) is 84.2 Å². The molecule has 0 bridgehead atoms. The van der Waals surface area contributed by atoms with Crippen molar-refractivity contribution >= 4 is 16.8 Å². The zero-order valence-electron chi connectivity index (χ0n) is 14.7. The van der Waals surface area contributed by atoms with E-state index in [1.54, 1.807) is 7.05 Å². The van der Waals surface area contributed by atoms with Gasteiger partial charge < -0.3 is 10.6 Å². The van der Waals surface area contributed by atoms with Crippen LogP contribution >= 0.6 is 0 Å². The van der Waals surface area contributed by atoms with Gasteiger partial charge in [-0.05, 0) is 34.1 Å². The molecule has 1 aliphatic rings. The monoisotopic (exact) mass is 340 g/mol. The number of aliphatic imine (C=N–C) groups is 1. The fourth-order valence-corrected chi connectivity index (χ4v) is 3.41. The van der Waals surface area contributed by atoms with Gasteiger partial charge in [-0.3, -0.25) is 9.20 Å². The van der Waals surface area contributed by atoms with Gasteiger partial charge in [0.25, 0.3) is 0 Å². The summed E-state index contributed by atoms with van der Waals surface area (Å²) in [6.45, 7) is 9.35. The number of aryl methyl sites for hydroxylation is 2. The van der Waals surface area contributed by atoms with Crippen molar-refractivity contribution in [3.05, 3.63) is 11.6 Å². The van der Waals surface area contributed by atoms with Gasteiger partial charge >= 0.3 is 0 Å².